The third kappa shape index (κ3) is 1.72. The van der Waals surface area contributed by atoms with Crippen molar-refractivity contribution in [2.45, 2.75) is 38.5 Å². The molecule has 0 aliphatic heterocycles. The van der Waals surface area contributed by atoms with Gasteiger partial charge in [0.15, 0.2) is 0 Å². The van der Waals surface area contributed by atoms with E-state index < -0.39 is 0 Å². The van der Waals surface area contributed by atoms with Gasteiger partial charge in [0, 0.05) is 6.42 Å². The summed E-state index contributed by atoms with van der Waals surface area (Å²) < 4.78 is 0. The minimum absolute atomic E-state index is 0.483. The normalized spacial score (nSPS) is 20.2. The first-order chi connectivity index (χ1) is 6.81. The van der Waals surface area contributed by atoms with Crippen LogP contribution in [0.2, 0.25) is 0 Å². The molecule has 0 fully saturated rings. The fraction of sp³-hybridized carbons (Fsp3) is 0.462. The Morgan fingerprint density at radius 2 is 2.36 bits per heavy atom. The number of hydrogen-bond acceptors (Lipinski definition) is 1. The molecule has 1 aromatic carbocycles. The maximum atomic E-state index is 10.5. The Kier molecular flexibility index (Phi) is 2.67. The molecular formula is C13H16O. The molecule has 74 valence electrons. The summed E-state index contributed by atoms with van der Waals surface area (Å²) >= 11 is 0. The van der Waals surface area contributed by atoms with Gasteiger partial charge >= 0.3 is 0 Å². The minimum Gasteiger partial charge on any atom is -0.303 e. The Labute approximate surface area is 85.1 Å². The molecule has 2 rings (SSSR count). The van der Waals surface area contributed by atoms with Crippen molar-refractivity contribution in [1.82, 2.24) is 0 Å². The van der Waals surface area contributed by atoms with Crippen LogP contribution < -0.4 is 0 Å². The zero-order chi connectivity index (χ0) is 9.97. The molecule has 0 N–H and O–H groups in total. The lowest BCUT2D eigenvalue weighted by atomic mass is 9.81. The van der Waals surface area contributed by atoms with Crippen LogP contribution >= 0.6 is 0 Å². The predicted octanol–water partition coefficient (Wildman–Crippen LogP) is 3.00. The van der Waals surface area contributed by atoms with Crippen molar-refractivity contribution in [2.75, 3.05) is 0 Å². The van der Waals surface area contributed by atoms with Gasteiger partial charge in [-0.2, -0.15) is 0 Å². The summed E-state index contributed by atoms with van der Waals surface area (Å²) in [5.74, 6) is 0.483. The lowest BCUT2D eigenvalue weighted by molar-refractivity contribution is -0.108. The maximum absolute atomic E-state index is 10.5. The standard InChI is InChI=1S/C13H16O/c1-10-5-6-13-11(7-8-14)3-2-4-12(13)9-10/h5-6,8-9,11H,2-4,7H2,1H3. The molecule has 1 aromatic rings. The second kappa shape index (κ2) is 3.95. The summed E-state index contributed by atoms with van der Waals surface area (Å²) in [6.45, 7) is 2.13. The van der Waals surface area contributed by atoms with Crippen LogP contribution in [0.15, 0.2) is 18.2 Å². The molecule has 1 heteroatoms. The van der Waals surface area contributed by atoms with Gasteiger partial charge in [0.2, 0.25) is 0 Å². The Morgan fingerprint density at radius 3 is 3.14 bits per heavy atom. The van der Waals surface area contributed by atoms with Gasteiger partial charge in [-0.05, 0) is 43.2 Å². The van der Waals surface area contributed by atoms with Gasteiger partial charge in [-0.3, -0.25) is 0 Å². The maximum Gasteiger partial charge on any atom is 0.120 e. The molecule has 0 bridgehead atoms. The molecule has 1 atom stereocenters. The van der Waals surface area contributed by atoms with E-state index in [2.05, 4.69) is 25.1 Å². The molecule has 0 amide bonds. The Morgan fingerprint density at radius 1 is 1.50 bits per heavy atom. The second-order valence-corrected chi connectivity index (χ2v) is 4.19. The fourth-order valence-electron chi connectivity index (χ4n) is 2.40. The summed E-state index contributed by atoms with van der Waals surface area (Å²) in [6, 6.07) is 6.63. The largest absolute Gasteiger partial charge is 0.303 e. The molecule has 0 saturated heterocycles. The van der Waals surface area contributed by atoms with E-state index in [0.29, 0.717) is 12.3 Å². The highest BCUT2D eigenvalue weighted by Gasteiger charge is 2.19. The van der Waals surface area contributed by atoms with Gasteiger partial charge < -0.3 is 4.79 Å². The topological polar surface area (TPSA) is 17.1 Å². The highest BCUT2D eigenvalue weighted by Crippen LogP contribution is 2.33. The van der Waals surface area contributed by atoms with E-state index in [1.54, 1.807) is 0 Å². The summed E-state index contributed by atoms with van der Waals surface area (Å²) in [5, 5.41) is 0. The Hall–Kier alpha value is -1.11. The van der Waals surface area contributed by atoms with E-state index in [9.17, 15) is 4.79 Å². The van der Waals surface area contributed by atoms with Crippen molar-refractivity contribution in [3.05, 3.63) is 34.9 Å². The van der Waals surface area contributed by atoms with Gasteiger partial charge in [-0.1, -0.05) is 23.8 Å². The molecule has 1 aliphatic rings. The highest BCUT2D eigenvalue weighted by molar-refractivity contribution is 5.52. The van der Waals surface area contributed by atoms with Crippen LogP contribution in [-0.4, -0.2) is 6.29 Å². The first-order valence-corrected chi connectivity index (χ1v) is 5.34. The van der Waals surface area contributed by atoms with Crippen molar-refractivity contribution in [1.29, 1.82) is 0 Å². The summed E-state index contributed by atoms with van der Waals surface area (Å²) in [6.07, 6.45) is 5.34. The van der Waals surface area contributed by atoms with E-state index in [4.69, 9.17) is 0 Å². The fourth-order valence-corrected chi connectivity index (χ4v) is 2.40. The Bertz CT molecular complexity index is 341. The van der Waals surface area contributed by atoms with Gasteiger partial charge in [-0.25, -0.2) is 0 Å². The van der Waals surface area contributed by atoms with Crippen LogP contribution in [0.5, 0.6) is 0 Å². The van der Waals surface area contributed by atoms with Crippen LogP contribution in [0, 0.1) is 6.92 Å². The molecule has 1 unspecified atom stereocenters. The SMILES string of the molecule is Cc1ccc2c(c1)CCCC2CC=O. The smallest absolute Gasteiger partial charge is 0.120 e. The number of fused-ring (bicyclic) bond motifs is 1. The van der Waals surface area contributed by atoms with Gasteiger partial charge in [0.05, 0.1) is 0 Å². The minimum atomic E-state index is 0.483. The average Bonchev–Trinajstić information content (AvgIpc) is 2.18. The van der Waals surface area contributed by atoms with E-state index in [1.165, 1.54) is 36.0 Å². The first-order valence-electron chi connectivity index (χ1n) is 5.34. The van der Waals surface area contributed by atoms with Crippen molar-refractivity contribution < 1.29 is 4.79 Å². The first kappa shape index (κ1) is 9.45. The zero-order valence-electron chi connectivity index (χ0n) is 8.62. The predicted molar refractivity (Wildman–Crippen MR) is 57.5 cm³/mol. The van der Waals surface area contributed by atoms with Crippen LogP contribution in [0.3, 0.4) is 0 Å². The van der Waals surface area contributed by atoms with Crippen LogP contribution in [0.25, 0.3) is 0 Å². The molecule has 0 aromatic heterocycles. The van der Waals surface area contributed by atoms with Crippen LogP contribution in [0.1, 0.15) is 41.9 Å². The van der Waals surface area contributed by atoms with Gasteiger partial charge in [0.25, 0.3) is 0 Å². The molecule has 1 aliphatic carbocycles. The number of aryl methyl sites for hydroxylation is 2. The van der Waals surface area contributed by atoms with Crippen molar-refractivity contribution in [3.8, 4) is 0 Å². The summed E-state index contributed by atoms with van der Waals surface area (Å²) in [4.78, 5) is 10.5. The lowest BCUT2D eigenvalue weighted by Gasteiger charge is -2.24. The second-order valence-electron chi connectivity index (χ2n) is 4.19. The van der Waals surface area contributed by atoms with Gasteiger partial charge in [-0.15, -0.1) is 0 Å². The number of benzene rings is 1. The van der Waals surface area contributed by atoms with Crippen molar-refractivity contribution in [2.24, 2.45) is 0 Å². The van der Waals surface area contributed by atoms with E-state index >= 15 is 0 Å². The molecule has 0 saturated carbocycles. The van der Waals surface area contributed by atoms with Gasteiger partial charge in [0.1, 0.15) is 6.29 Å². The van der Waals surface area contributed by atoms with Crippen LogP contribution in [-0.2, 0) is 11.2 Å². The summed E-state index contributed by atoms with van der Waals surface area (Å²) in [7, 11) is 0. The lowest BCUT2D eigenvalue weighted by Crippen LogP contribution is -2.10. The number of carbonyl (C=O) groups excluding carboxylic acids is 1. The van der Waals surface area contributed by atoms with Crippen molar-refractivity contribution in [3.63, 3.8) is 0 Å². The quantitative estimate of drug-likeness (QED) is 0.652. The average molecular weight is 188 g/mol. The molecular weight excluding hydrogens is 172 g/mol. The van der Waals surface area contributed by atoms with E-state index in [1.807, 2.05) is 0 Å². The third-order valence-electron chi connectivity index (χ3n) is 3.12. The number of hydrogen-bond donors (Lipinski definition) is 0. The molecule has 14 heavy (non-hydrogen) atoms. The van der Waals surface area contributed by atoms with Crippen molar-refractivity contribution >= 4 is 6.29 Å². The molecule has 1 nitrogen and oxygen atoms in total. The van der Waals surface area contributed by atoms with Crippen LogP contribution in [0.4, 0.5) is 0 Å². The number of carbonyl (C=O) groups is 1. The summed E-state index contributed by atoms with van der Waals surface area (Å²) in [5.41, 5.74) is 4.20. The highest BCUT2D eigenvalue weighted by atomic mass is 16.1. The van der Waals surface area contributed by atoms with E-state index in [-0.39, 0.29) is 0 Å². The molecule has 0 heterocycles. The monoisotopic (exact) mass is 188 g/mol. The third-order valence-corrected chi connectivity index (χ3v) is 3.12. The van der Waals surface area contributed by atoms with E-state index in [0.717, 1.165) is 6.29 Å². The Balaban J connectivity index is 2.34. The number of rotatable bonds is 2. The number of aldehydes is 1. The molecule has 0 radical (unpaired) electrons. The molecule has 0 spiro atoms. The zero-order valence-corrected chi connectivity index (χ0v) is 8.62.